The molecule has 1 aromatic heterocycles. The van der Waals surface area contributed by atoms with Crippen molar-refractivity contribution in [2.45, 2.75) is 6.42 Å². The molecule has 3 N–H and O–H groups in total. The molecule has 126 valence electrons. The van der Waals surface area contributed by atoms with Gasteiger partial charge in [0.25, 0.3) is 5.91 Å². The second-order valence-corrected chi connectivity index (χ2v) is 6.49. The highest BCUT2D eigenvalue weighted by atomic mass is 32.1. The van der Waals surface area contributed by atoms with Gasteiger partial charge in [-0.1, -0.05) is 42.5 Å². The van der Waals surface area contributed by atoms with Gasteiger partial charge in [-0.15, -0.1) is 11.3 Å². The number of amides is 2. The zero-order valence-corrected chi connectivity index (χ0v) is 14.0. The molecule has 2 amide bonds. The van der Waals surface area contributed by atoms with Crippen LogP contribution in [0.15, 0.2) is 60.7 Å². The van der Waals surface area contributed by atoms with Gasteiger partial charge in [0.05, 0.1) is 12.0 Å². The van der Waals surface area contributed by atoms with Gasteiger partial charge in [-0.2, -0.15) is 0 Å². The molecule has 0 bridgehead atoms. The lowest BCUT2D eigenvalue weighted by Gasteiger charge is -2.05. The number of primary amides is 1. The third-order valence-corrected chi connectivity index (χ3v) is 4.69. The Morgan fingerprint density at radius 2 is 1.72 bits per heavy atom. The van der Waals surface area contributed by atoms with Crippen LogP contribution in [0.2, 0.25) is 0 Å². The van der Waals surface area contributed by atoms with E-state index in [0.29, 0.717) is 10.6 Å². The second-order valence-electron chi connectivity index (χ2n) is 5.44. The van der Waals surface area contributed by atoms with Crippen molar-refractivity contribution in [3.8, 4) is 10.4 Å². The first-order valence-electron chi connectivity index (χ1n) is 7.56. The highest BCUT2D eigenvalue weighted by Crippen LogP contribution is 2.35. The molecule has 2 aromatic carbocycles. The van der Waals surface area contributed by atoms with E-state index in [1.54, 1.807) is 18.2 Å². The first-order valence-corrected chi connectivity index (χ1v) is 8.38. The minimum Gasteiger partial charge on any atom is -0.366 e. The summed E-state index contributed by atoms with van der Waals surface area (Å²) in [6.45, 7) is 0. The van der Waals surface area contributed by atoms with Gasteiger partial charge in [-0.3, -0.25) is 9.59 Å². The summed E-state index contributed by atoms with van der Waals surface area (Å²) < 4.78 is 12.9. The molecule has 0 unspecified atom stereocenters. The van der Waals surface area contributed by atoms with Crippen LogP contribution in [0.1, 0.15) is 15.9 Å². The van der Waals surface area contributed by atoms with Gasteiger partial charge in [0, 0.05) is 4.88 Å². The third kappa shape index (κ3) is 4.10. The van der Waals surface area contributed by atoms with Gasteiger partial charge in [0.2, 0.25) is 5.91 Å². The van der Waals surface area contributed by atoms with Crippen LogP contribution in [0.5, 0.6) is 0 Å². The molecule has 6 heteroatoms. The summed E-state index contributed by atoms with van der Waals surface area (Å²) in [5, 5.41) is 3.15. The molecule has 3 rings (SSSR count). The average molecular weight is 354 g/mol. The van der Waals surface area contributed by atoms with Gasteiger partial charge in [-0.05, 0) is 29.3 Å². The Morgan fingerprint density at radius 3 is 2.36 bits per heavy atom. The number of hydrogen-bond acceptors (Lipinski definition) is 3. The minimum atomic E-state index is -0.601. The van der Waals surface area contributed by atoms with Gasteiger partial charge in [0.15, 0.2) is 0 Å². The molecule has 0 aliphatic carbocycles. The number of carbonyl (C=O) groups excluding carboxylic acids is 2. The highest BCUT2D eigenvalue weighted by Gasteiger charge is 2.17. The van der Waals surface area contributed by atoms with Crippen LogP contribution in [-0.2, 0) is 11.2 Å². The van der Waals surface area contributed by atoms with Crippen LogP contribution >= 0.6 is 11.3 Å². The van der Waals surface area contributed by atoms with Crippen LogP contribution in [0.25, 0.3) is 10.4 Å². The van der Waals surface area contributed by atoms with Crippen molar-refractivity contribution in [2.75, 3.05) is 5.32 Å². The Hall–Kier alpha value is -2.99. The maximum absolute atomic E-state index is 12.9. The van der Waals surface area contributed by atoms with Gasteiger partial charge in [-0.25, -0.2) is 4.39 Å². The van der Waals surface area contributed by atoms with E-state index in [0.717, 1.165) is 10.4 Å². The Morgan fingerprint density at radius 1 is 1.04 bits per heavy atom. The molecule has 25 heavy (non-hydrogen) atoms. The molecule has 0 saturated carbocycles. The first kappa shape index (κ1) is 16.9. The highest BCUT2D eigenvalue weighted by molar-refractivity contribution is 7.20. The molecule has 3 aromatic rings. The normalized spacial score (nSPS) is 10.4. The van der Waals surface area contributed by atoms with Crippen LogP contribution in [-0.4, -0.2) is 11.8 Å². The van der Waals surface area contributed by atoms with Crippen LogP contribution < -0.4 is 11.1 Å². The van der Waals surface area contributed by atoms with E-state index in [4.69, 9.17) is 5.73 Å². The van der Waals surface area contributed by atoms with Crippen LogP contribution in [0.4, 0.5) is 9.39 Å². The van der Waals surface area contributed by atoms with Crippen molar-refractivity contribution in [3.63, 3.8) is 0 Å². The number of nitrogens with one attached hydrogen (secondary N) is 1. The van der Waals surface area contributed by atoms with E-state index in [2.05, 4.69) is 5.32 Å². The Balaban J connectivity index is 1.81. The first-order chi connectivity index (χ1) is 12.0. The second kappa shape index (κ2) is 7.27. The molecule has 1 heterocycles. The zero-order chi connectivity index (χ0) is 17.8. The number of halogens is 1. The van der Waals surface area contributed by atoms with Gasteiger partial charge in [0.1, 0.15) is 10.8 Å². The summed E-state index contributed by atoms with van der Waals surface area (Å²) in [4.78, 5) is 24.8. The standard InChI is InChI=1S/C19H15FN2O2S/c20-14-8-6-12(7-9-14)10-17(23)22-19-15(18(21)24)11-16(25-19)13-4-2-1-3-5-13/h1-9,11H,10H2,(H2,21,24)(H,22,23). The maximum atomic E-state index is 12.9. The quantitative estimate of drug-likeness (QED) is 0.731. The van der Waals surface area contributed by atoms with Crippen molar-refractivity contribution in [3.05, 3.63) is 77.6 Å². The number of nitrogens with two attached hydrogens (primary N) is 1. The summed E-state index contributed by atoms with van der Waals surface area (Å²) in [5.41, 5.74) is 7.32. The minimum absolute atomic E-state index is 0.0804. The van der Waals surface area contributed by atoms with E-state index in [9.17, 15) is 14.0 Å². The van der Waals surface area contributed by atoms with E-state index in [1.807, 2.05) is 30.3 Å². The maximum Gasteiger partial charge on any atom is 0.251 e. The largest absolute Gasteiger partial charge is 0.366 e. The predicted octanol–water partition coefficient (Wildman–Crippen LogP) is 3.83. The summed E-state index contributed by atoms with van der Waals surface area (Å²) in [6.07, 6.45) is 0.0804. The van der Waals surface area contributed by atoms with Crippen molar-refractivity contribution in [1.29, 1.82) is 0 Å². The lowest BCUT2D eigenvalue weighted by atomic mass is 10.1. The van der Waals surface area contributed by atoms with E-state index >= 15 is 0 Å². The summed E-state index contributed by atoms with van der Waals surface area (Å²) in [5.74, 6) is -1.25. The summed E-state index contributed by atoms with van der Waals surface area (Å²) in [7, 11) is 0. The van der Waals surface area contributed by atoms with Crippen molar-refractivity contribution in [1.82, 2.24) is 0 Å². The van der Waals surface area contributed by atoms with Crippen molar-refractivity contribution >= 4 is 28.2 Å². The number of carbonyl (C=O) groups is 2. The fourth-order valence-electron chi connectivity index (χ4n) is 2.37. The number of anilines is 1. The molecule has 0 aliphatic heterocycles. The number of hydrogen-bond donors (Lipinski definition) is 2. The summed E-state index contributed by atoms with van der Waals surface area (Å²) in [6, 6.07) is 16.9. The number of benzene rings is 2. The smallest absolute Gasteiger partial charge is 0.251 e. The van der Waals surface area contributed by atoms with E-state index in [1.165, 1.54) is 23.5 Å². The molecule has 4 nitrogen and oxygen atoms in total. The van der Waals surface area contributed by atoms with Crippen molar-refractivity contribution < 1.29 is 14.0 Å². The topological polar surface area (TPSA) is 72.2 Å². The Bertz CT molecular complexity index is 905. The molecule has 0 spiro atoms. The SMILES string of the molecule is NC(=O)c1cc(-c2ccccc2)sc1NC(=O)Cc1ccc(F)cc1. The van der Waals surface area contributed by atoms with Gasteiger partial charge < -0.3 is 11.1 Å². The van der Waals surface area contributed by atoms with E-state index < -0.39 is 5.91 Å². The molecular weight excluding hydrogens is 339 g/mol. The molecule has 0 radical (unpaired) electrons. The lowest BCUT2D eigenvalue weighted by Crippen LogP contribution is -2.17. The fraction of sp³-hybridized carbons (Fsp3) is 0.0526. The third-order valence-electron chi connectivity index (χ3n) is 3.59. The molecular formula is C19H15FN2O2S. The summed E-state index contributed by atoms with van der Waals surface area (Å²) >= 11 is 1.29. The zero-order valence-electron chi connectivity index (χ0n) is 13.2. The molecule has 0 aliphatic rings. The fourth-order valence-corrected chi connectivity index (χ4v) is 3.46. The molecule has 0 saturated heterocycles. The molecule has 0 fully saturated rings. The number of rotatable bonds is 5. The monoisotopic (exact) mass is 354 g/mol. The Labute approximate surface area is 148 Å². The van der Waals surface area contributed by atoms with E-state index in [-0.39, 0.29) is 23.7 Å². The van der Waals surface area contributed by atoms with Crippen LogP contribution in [0, 0.1) is 5.82 Å². The lowest BCUT2D eigenvalue weighted by molar-refractivity contribution is -0.115. The number of thiophene rings is 1. The van der Waals surface area contributed by atoms with Crippen LogP contribution in [0.3, 0.4) is 0 Å². The van der Waals surface area contributed by atoms with Crippen molar-refractivity contribution in [2.24, 2.45) is 5.73 Å². The molecule has 0 atom stereocenters. The Kier molecular flexibility index (Phi) is 4.90. The average Bonchev–Trinajstić information content (AvgIpc) is 3.02. The van der Waals surface area contributed by atoms with Gasteiger partial charge >= 0.3 is 0 Å². The predicted molar refractivity (Wildman–Crippen MR) is 97.0 cm³/mol.